The van der Waals surface area contributed by atoms with Crippen LogP contribution in [0.25, 0.3) is 5.82 Å². The number of aromatic hydroxyl groups is 1. The Morgan fingerprint density at radius 2 is 2.07 bits per heavy atom. The zero-order valence-electron chi connectivity index (χ0n) is 14.9. The van der Waals surface area contributed by atoms with E-state index in [9.17, 15) is 5.11 Å². The normalized spacial score (nSPS) is 16.5. The number of likely N-dealkylation sites (N-methyl/N-ethyl adjacent to an activating group) is 1. The van der Waals surface area contributed by atoms with E-state index in [1.54, 1.807) is 6.20 Å². The van der Waals surface area contributed by atoms with E-state index in [0.717, 1.165) is 42.6 Å². The van der Waals surface area contributed by atoms with E-state index in [1.165, 1.54) is 4.68 Å². The summed E-state index contributed by atoms with van der Waals surface area (Å²) in [6.45, 7) is 0.770. The summed E-state index contributed by atoms with van der Waals surface area (Å²) in [6.07, 6.45) is 4.28. The van der Waals surface area contributed by atoms with Crippen LogP contribution in [0.4, 0.5) is 0 Å². The number of pyridine rings is 1. The maximum absolute atomic E-state index is 10.7. The molecule has 3 aromatic rings. The lowest BCUT2D eigenvalue weighted by Crippen LogP contribution is -2.35. The van der Waals surface area contributed by atoms with Gasteiger partial charge >= 0.3 is 0 Å². The van der Waals surface area contributed by atoms with Crippen LogP contribution in [0.2, 0.25) is 10.0 Å². The molecule has 4 rings (SSSR count). The summed E-state index contributed by atoms with van der Waals surface area (Å²) in [5.74, 6) is 0.821. The fourth-order valence-electron chi connectivity index (χ4n) is 3.61. The molecule has 7 heteroatoms. The average molecular weight is 403 g/mol. The molecule has 2 aromatic heterocycles. The maximum atomic E-state index is 10.7. The van der Waals surface area contributed by atoms with Gasteiger partial charge in [-0.25, -0.2) is 4.98 Å². The zero-order chi connectivity index (χ0) is 19.0. The molecule has 2 heterocycles. The Balaban J connectivity index is 1.52. The van der Waals surface area contributed by atoms with E-state index in [2.05, 4.69) is 22.0 Å². The summed E-state index contributed by atoms with van der Waals surface area (Å²) in [5, 5.41) is 16.4. The highest BCUT2D eigenvalue weighted by Crippen LogP contribution is 2.32. The minimum atomic E-state index is 0.191. The van der Waals surface area contributed by atoms with E-state index in [1.807, 2.05) is 36.4 Å². The summed E-state index contributed by atoms with van der Waals surface area (Å²) < 4.78 is 1.53. The van der Waals surface area contributed by atoms with Gasteiger partial charge in [0.2, 0.25) is 5.88 Å². The van der Waals surface area contributed by atoms with Gasteiger partial charge in [0.15, 0.2) is 5.82 Å². The SMILES string of the molecule is CN(Cc1ccc(Cl)c(Cl)c1)C1CCc2nn(-c3ccccn3)c(O)c2C1. The highest BCUT2D eigenvalue weighted by Gasteiger charge is 2.29. The molecule has 0 radical (unpaired) electrons. The minimum Gasteiger partial charge on any atom is -0.493 e. The Kier molecular flexibility index (Phi) is 5.08. The molecule has 0 amide bonds. The van der Waals surface area contributed by atoms with Gasteiger partial charge in [-0.1, -0.05) is 35.3 Å². The molecular formula is C20H20Cl2N4O. The molecule has 0 saturated heterocycles. The fourth-order valence-corrected chi connectivity index (χ4v) is 3.93. The second kappa shape index (κ2) is 7.50. The van der Waals surface area contributed by atoms with Crippen LogP contribution in [0, 0.1) is 0 Å². The molecule has 27 heavy (non-hydrogen) atoms. The van der Waals surface area contributed by atoms with Crippen LogP contribution < -0.4 is 0 Å². The van der Waals surface area contributed by atoms with Gasteiger partial charge in [0, 0.05) is 24.3 Å². The second-order valence-corrected chi connectivity index (χ2v) is 7.72. The van der Waals surface area contributed by atoms with Crippen molar-refractivity contribution in [3.8, 4) is 11.7 Å². The number of fused-ring (bicyclic) bond motifs is 1. The summed E-state index contributed by atoms with van der Waals surface area (Å²) in [5.41, 5.74) is 2.99. The number of benzene rings is 1. The molecule has 1 aliphatic rings. The fraction of sp³-hybridized carbons (Fsp3) is 0.300. The first-order chi connectivity index (χ1) is 13.0. The van der Waals surface area contributed by atoms with Crippen LogP contribution in [-0.2, 0) is 19.4 Å². The first-order valence-corrected chi connectivity index (χ1v) is 9.64. The van der Waals surface area contributed by atoms with Crippen molar-refractivity contribution in [2.75, 3.05) is 7.05 Å². The monoisotopic (exact) mass is 402 g/mol. The summed E-state index contributed by atoms with van der Waals surface area (Å²) in [6, 6.07) is 11.6. The minimum absolute atomic E-state index is 0.191. The molecule has 0 saturated carbocycles. The van der Waals surface area contributed by atoms with Crippen LogP contribution in [0.3, 0.4) is 0 Å². The van der Waals surface area contributed by atoms with E-state index >= 15 is 0 Å². The Morgan fingerprint density at radius 3 is 2.81 bits per heavy atom. The van der Waals surface area contributed by atoms with Gasteiger partial charge in [-0.2, -0.15) is 9.78 Å². The molecule has 1 atom stereocenters. The number of hydrogen-bond donors (Lipinski definition) is 1. The third-order valence-corrected chi connectivity index (χ3v) is 5.84. The van der Waals surface area contributed by atoms with Crippen LogP contribution >= 0.6 is 23.2 Å². The molecule has 5 nitrogen and oxygen atoms in total. The Hall–Kier alpha value is -2.08. The topological polar surface area (TPSA) is 54.2 Å². The van der Waals surface area contributed by atoms with Crippen molar-refractivity contribution in [1.82, 2.24) is 19.7 Å². The van der Waals surface area contributed by atoms with Crippen LogP contribution in [-0.4, -0.2) is 37.9 Å². The molecule has 1 unspecified atom stereocenters. The summed E-state index contributed by atoms with van der Waals surface area (Å²) in [4.78, 5) is 6.58. The van der Waals surface area contributed by atoms with Crippen molar-refractivity contribution in [3.05, 3.63) is 69.5 Å². The van der Waals surface area contributed by atoms with Gasteiger partial charge in [0.1, 0.15) is 0 Å². The number of rotatable bonds is 4. The molecule has 1 aliphatic carbocycles. The quantitative estimate of drug-likeness (QED) is 0.707. The van der Waals surface area contributed by atoms with Gasteiger partial charge in [-0.3, -0.25) is 4.90 Å². The molecule has 0 bridgehead atoms. The Bertz CT molecular complexity index is 958. The molecule has 0 spiro atoms. The van der Waals surface area contributed by atoms with Gasteiger partial charge in [-0.05, 0) is 56.1 Å². The van der Waals surface area contributed by atoms with Gasteiger partial charge in [0.25, 0.3) is 0 Å². The smallest absolute Gasteiger partial charge is 0.219 e. The Morgan fingerprint density at radius 1 is 1.22 bits per heavy atom. The van der Waals surface area contributed by atoms with Crippen molar-refractivity contribution in [2.24, 2.45) is 0 Å². The van der Waals surface area contributed by atoms with Crippen molar-refractivity contribution < 1.29 is 5.11 Å². The number of aromatic nitrogens is 3. The van der Waals surface area contributed by atoms with Gasteiger partial charge < -0.3 is 5.11 Å². The second-order valence-electron chi connectivity index (χ2n) is 6.91. The zero-order valence-corrected chi connectivity index (χ0v) is 16.5. The van der Waals surface area contributed by atoms with E-state index in [-0.39, 0.29) is 5.88 Å². The number of hydrogen-bond acceptors (Lipinski definition) is 4. The van der Waals surface area contributed by atoms with E-state index in [4.69, 9.17) is 23.2 Å². The predicted octanol–water partition coefficient (Wildman–Crippen LogP) is 4.27. The highest BCUT2D eigenvalue weighted by atomic mass is 35.5. The first-order valence-electron chi connectivity index (χ1n) is 8.88. The lowest BCUT2D eigenvalue weighted by Gasteiger charge is -2.30. The third kappa shape index (κ3) is 3.68. The molecule has 1 aromatic carbocycles. The third-order valence-electron chi connectivity index (χ3n) is 5.10. The van der Waals surface area contributed by atoms with Gasteiger partial charge in [0.05, 0.1) is 15.7 Å². The average Bonchev–Trinajstić information content (AvgIpc) is 3.01. The van der Waals surface area contributed by atoms with E-state index < -0.39 is 0 Å². The molecule has 0 fully saturated rings. The number of nitrogens with zero attached hydrogens (tertiary/aromatic N) is 4. The summed E-state index contributed by atoms with van der Waals surface area (Å²) >= 11 is 12.1. The summed E-state index contributed by atoms with van der Waals surface area (Å²) in [7, 11) is 2.10. The first kappa shape index (κ1) is 18.3. The van der Waals surface area contributed by atoms with E-state index in [0.29, 0.717) is 21.9 Å². The lowest BCUT2D eigenvalue weighted by atomic mass is 9.92. The van der Waals surface area contributed by atoms with Crippen molar-refractivity contribution in [2.45, 2.75) is 31.8 Å². The van der Waals surface area contributed by atoms with Crippen LogP contribution in [0.1, 0.15) is 23.2 Å². The predicted molar refractivity (Wildman–Crippen MR) is 107 cm³/mol. The van der Waals surface area contributed by atoms with Crippen molar-refractivity contribution in [1.29, 1.82) is 0 Å². The van der Waals surface area contributed by atoms with Crippen LogP contribution in [0.15, 0.2) is 42.6 Å². The van der Waals surface area contributed by atoms with Gasteiger partial charge in [-0.15, -0.1) is 0 Å². The standard InChI is InChI=1S/C20H20Cl2N4O/c1-25(12-13-5-7-16(21)17(22)10-13)14-6-8-18-15(11-14)20(27)26(24-18)19-4-2-3-9-23-19/h2-5,7,9-10,14,27H,6,8,11-12H2,1H3. The van der Waals surface area contributed by atoms with Crippen LogP contribution in [0.5, 0.6) is 5.88 Å². The molecular weight excluding hydrogens is 383 g/mol. The number of aryl methyl sites for hydroxylation is 1. The van der Waals surface area contributed by atoms with Crippen molar-refractivity contribution >= 4 is 23.2 Å². The molecule has 1 N–H and O–H groups in total. The largest absolute Gasteiger partial charge is 0.493 e. The highest BCUT2D eigenvalue weighted by molar-refractivity contribution is 6.42. The maximum Gasteiger partial charge on any atom is 0.219 e. The molecule has 0 aliphatic heterocycles. The number of halogens is 2. The van der Waals surface area contributed by atoms with Crippen molar-refractivity contribution in [3.63, 3.8) is 0 Å². The molecule has 140 valence electrons. The lowest BCUT2D eigenvalue weighted by molar-refractivity contribution is 0.212. The Labute approximate surface area is 168 Å².